The summed E-state index contributed by atoms with van der Waals surface area (Å²) in [6.45, 7) is 3.97. The Morgan fingerprint density at radius 2 is 2.04 bits per heavy atom. The SMILES string of the molecule is CCOC(=O)c1nn(Cc2ccc(F)cc2)c2[nH]c(=O)cc(C)c12. The van der Waals surface area contributed by atoms with Gasteiger partial charge in [-0.2, -0.15) is 5.10 Å². The van der Waals surface area contributed by atoms with Gasteiger partial charge >= 0.3 is 5.97 Å². The average molecular weight is 329 g/mol. The summed E-state index contributed by atoms with van der Waals surface area (Å²) >= 11 is 0. The highest BCUT2D eigenvalue weighted by atomic mass is 19.1. The molecule has 2 heterocycles. The number of rotatable bonds is 4. The first-order chi connectivity index (χ1) is 11.5. The zero-order valence-electron chi connectivity index (χ0n) is 13.3. The maximum absolute atomic E-state index is 13.0. The van der Waals surface area contributed by atoms with Gasteiger partial charge < -0.3 is 9.72 Å². The van der Waals surface area contributed by atoms with Crippen LogP contribution < -0.4 is 5.56 Å². The fraction of sp³-hybridized carbons (Fsp3) is 0.235. The van der Waals surface area contributed by atoms with Gasteiger partial charge in [0.25, 0.3) is 0 Å². The van der Waals surface area contributed by atoms with Crippen LogP contribution in [0.5, 0.6) is 0 Å². The number of nitrogens with one attached hydrogen (secondary N) is 1. The van der Waals surface area contributed by atoms with E-state index in [-0.39, 0.29) is 30.2 Å². The molecule has 0 atom stereocenters. The van der Waals surface area contributed by atoms with Gasteiger partial charge in [0.15, 0.2) is 5.69 Å². The second kappa shape index (κ2) is 6.27. The van der Waals surface area contributed by atoms with E-state index in [4.69, 9.17) is 4.74 Å². The molecule has 24 heavy (non-hydrogen) atoms. The fourth-order valence-electron chi connectivity index (χ4n) is 2.60. The normalized spacial score (nSPS) is 11.0. The van der Waals surface area contributed by atoms with Crippen LogP contribution in [-0.4, -0.2) is 27.3 Å². The van der Waals surface area contributed by atoms with Crippen molar-refractivity contribution in [2.24, 2.45) is 0 Å². The predicted molar refractivity (Wildman–Crippen MR) is 86.5 cm³/mol. The molecule has 1 N–H and O–H groups in total. The number of hydrogen-bond acceptors (Lipinski definition) is 4. The highest BCUT2D eigenvalue weighted by Crippen LogP contribution is 2.21. The van der Waals surface area contributed by atoms with Gasteiger partial charge in [0.05, 0.1) is 18.5 Å². The third-order valence-corrected chi connectivity index (χ3v) is 3.65. The largest absolute Gasteiger partial charge is 0.461 e. The molecule has 0 amide bonds. The summed E-state index contributed by atoms with van der Waals surface area (Å²) in [4.78, 5) is 26.7. The van der Waals surface area contributed by atoms with Gasteiger partial charge in [0.1, 0.15) is 11.5 Å². The standard InChI is InChI=1S/C17H16FN3O3/c1-3-24-17(23)15-14-10(2)8-13(22)19-16(14)21(20-15)9-11-4-6-12(18)7-5-11/h4-8H,3,9H2,1-2H3,(H,19,22). The minimum atomic E-state index is -0.546. The molecule has 7 heteroatoms. The highest BCUT2D eigenvalue weighted by Gasteiger charge is 2.21. The molecular formula is C17H16FN3O3. The molecule has 124 valence electrons. The molecule has 3 rings (SSSR count). The predicted octanol–water partition coefficient (Wildman–Crippen LogP) is 2.40. The van der Waals surface area contributed by atoms with Crippen LogP contribution in [0.2, 0.25) is 0 Å². The number of carbonyl (C=O) groups is 1. The number of pyridine rings is 1. The van der Waals surface area contributed by atoms with Gasteiger partial charge in [-0.1, -0.05) is 12.1 Å². The van der Waals surface area contributed by atoms with Crippen LogP contribution in [0.1, 0.15) is 28.5 Å². The first-order valence-electron chi connectivity index (χ1n) is 7.51. The van der Waals surface area contributed by atoms with Crippen molar-refractivity contribution in [2.75, 3.05) is 6.61 Å². The molecule has 0 saturated heterocycles. The van der Waals surface area contributed by atoms with Crippen LogP contribution >= 0.6 is 0 Å². The number of carbonyl (C=O) groups excluding carboxylic acids is 1. The molecule has 0 aliphatic heterocycles. The van der Waals surface area contributed by atoms with Crippen LogP contribution in [-0.2, 0) is 11.3 Å². The average Bonchev–Trinajstić information content (AvgIpc) is 2.89. The summed E-state index contributed by atoms with van der Waals surface area (Å²) in [5.41, 5.74) is 1.74. The lowest BCUT2D eigenvalue weighted by Crippen LogP contribution is -2.09. The van der Waals surface area contributed by atoms with E-state index in [1.807, 2.05) is 0 Å². The molecular weight excluding hydrogens is 313 g/mol. The number of esters is 1. The number of fused-ring (bicyclic) bond motifs is 1. The maximum atomic E-state index is 13.0. The topological polar surface area (TPSA) is 77.0 Å². The Morgan fingerprint density at radius 1 is 1.33 bits per heavy atom. The second-order valence-corrected chi connectivity index (χ2v) is 5.39. The van der Waals surface area contributed by atoms with Gasteiger partial charge in [-0.05, 0) is 37.1 Å². The van der Waals surface area contributed by atoms with Gasteiger partial charge in [-0.3, -0.25) is 4.79 Å². The zero-order valence-corrected chi connectivity index (χ0v) is 13.3. The minimum Gasteiger partial charge on any atom is -0.461 e. The second-order valence-electron chi connectivity index (χ2n) is 5.39. The lowest BCUT2D eigenvalue weighted by Gasteiger charge is -2.04. The molecule has 2 aromatic heterocycles. The van der Waals surface area contributed by atoms with E-state index < -0.39 is 5.97 Å². The lowest BCUT2D eigenvalue weighted by atomic mass is 10.1. The number of aryl methyl sites for hydroxylation is 1. The quantitative estimate of drug-likeness (QED) is 0.746. The summed E-state index contributed by atoms with van der Waals surface area (Å²) < 4.78 is 19.6. The van der Waals surface area contributed by atoms with Gasteiger partial charge in [-0.25, -0.2) is 13.9 Å². The van der Waals surface area contributed by atoms with Gasteiger partial charge in [-0.15, -0.1) is 0 Å². The third kappa shape index (κ3) is 2.92. The van der Waals surface area contributed by atoms with Crippen molar-refractivity contribution >= 4 is 17.0 Å². The van der Waals surface area contributed by atoms with Gasteiger partial charge in [0, 0.05) is 6.07 Å². The van der Waals surface area contributed by atoms with E-state index >= 15 is 0 Å². The number of hydrogen-bond donors (Lipinski definition) is 1. The first-order valence-corrected chi connectivity index (χ1v) is 7.51. The van der Waals surface area contributed by atoms with Crippen LogP contribution in [0.25, 0.3) is 11.0 Å². The van der Waals surface area contributed by atoms with E-state index in [2.05, 4.69) is 10.1 Å². The molecule has 0 saturated carbocycles. The van der Waals surface area contributed by atoms with Crippen molar-refractivity contribution in [3.8, 4) is 0 Å². The van der Waals surface area contributed by atoms with Crippen molar-refractivity contribution < 1.29 is 13.9 Å². The van der Waals surface area contributed by atoms with Crippen molar-refractivity contribution in [3.05, 3.63) is 63.3 Å². The molecule has 3 aromatic rings. The Bertz CT molecular complexity index is 958. The van der Waals surface area contributed by atoms with E-state index in [0.29, 0.717) is 16.6 Å². The van der Waals surface area contributed by atoms with Gasteiger partial charge in [0.2, 0.25) is 5.56 Å². The number of H-pyrrole nitrogens is 1. The monoisotopic (exact) mass is 329 g/mol. The van der Waals surface area contributed by atoms with Crippen molar-refractivity contribution in [3.63, 3.8) is 0 Å². The number of nitrogens with zero attached hydrogens (tertiary/aromatic N) is 2. The molecule has 6 nitrogen and oxygen atoms in total. The number of halogens is 1. The molecule has 0 spiro atoms. The summed E-state index contributed by atoms with van der Waals surface area (Å²) in [7, 11) is 0. The first kappa shape index (κ1) is 15.9. The molecule has 0 radical (unpaired) electrons. The van der Waals surface area contributed by atoms with Crippen LogP contribution in [0.15, 0.2) is 35.1 Å². The molecule has 0 aliphatic carbocycles. The lowest BCUT2D eigenvalue weighted by molar-refractivity contribution is 0.0520. The third-order valence-electron chi connectivity index (χ3n) is 3.65. The highest BCUT2D eigenvalue weighted by molar-refractivity contribution is 6.02. The minimum absolute atomic E-state index is 0.155. The Kier molecular flexibility index (Phi) is 4.16. The van der Waals surface area contributed by atoms with Crippen molar-refractivity contribution in [2.45, 2.75) is 20.4 Å². The Morgan fingerprint density at radius 3 is 2.71 bits per heavy atom. The van der Waals surface area contributed by atoms with Crippen LogP contribution in [0.4, 0.5) is 4.39 Å². The zero-order chi connectivity index (χ0) is 17.3. The summed E-state index contributed by atoms with van der Waals surface area (Å²) in [6, 6.07) is 7.36. The smallest absolute Gasteiger partial charge is 0.359 e. The number of benzene rings is 1. The molecule has 0 bridgehead atoms. The van der Waals surface area contributed by atoms with Crippen LogP contribution in [0.3, 0.4) is 0 Å². The Balaban J connectivity index is 2.15. The number of aromatic nitrogens is 3. The number of ether oxygens (including phenoxy) is 1. The Labute approximate surface area is 136 Å². The summed E-state index contributed by atoms with van der Waals surface area (Å²) in [6.07, 6.45) is 0. The van der Waals surface area contributed by atoms with E-state index in [1.165, 1.54) is 22.9 Å². The van der Waals surface area contributed by atoms with Crippen molar-refractivity contribution in [1.29, 1.82) is 0 Å². The Hall–Kier alpha value is -2.96. The summed E-state index contributed by atoms with van der Waals surface area (Å²) in [5, 5.41) is 4.86. The van der Waals surface area contributed by atoms with E-state index in [1.54, 1.807) is 26.0 Å². The summed E-state index contributed by atoms with van der Waals surface area (Å²) in [5.74, 6) is -0.879. The van der Waals surface area contributed by atoms with Crippen molar-refractivity contribution in [1.82, 2.24) is 14.8 Å². The molecule has 0 fully saturated rings. The molecule has 0 unspecified atom stereocenters. The fourth-order valence-corrected chi connectivity index (χ4v) is 2.60. The molecule has 0 aliphatic rings. The molecule has 1 aromatic carbocycles. The van der Waals surface area contributed by atoms with E-state index in [0.717, 1.165) is 5.56 Å². The number of aromatic amines is 1. The van der Waals surface area contributed by atoms with E-state index in [9.17, 15) is 14.0 Å². The van der Waals surface area contributed by atoms with Crippen LogP contribution in [0, 0.1) is 12.7 Å². The maximum Gasteiger partial charge on any atom is 0.359 e.